The van der Waals surface area contributed by atoms with Crippen LogP contribution in [-0.2, 0) is 42.3 Å². The van der Waals surface area contributed by atoms with Crippen LogP contribution in [0.15, 0.2) is 0 Å². The first-order valence-corrected chi connectivity index (χ1v) is 3.20. The summed E-state index contributed by atoms with van der Waals surface area (Å²) >= 11 is 0. The van der Waals surface area contributed by atoms with Crippen LogP contribution in [0.25, 0.3) is 0 Å². The van der Waals surface area contributed by atoms with E-state index < -0.39 is 6.04 Å². The summed E-state index contributed by atoms with van der Waals surface area (Å²) in [6.45, 7) is 6.57. The second-order valence-electron chi connectivity index (χ2n) is 2.07. The Morgan fingerprint density at radius 3 is 2.27 bits per heavy atom. The third kappa shape index (κ3) is 6.63. The quantitative estimate of drug-likeness (QED) is 0.710. The Morgan fingerprint density at radius 1 is 1.55 bits per heavy atom. The van der Waals surface area contributed by atoms with Crippen LogP contribution >= 0.6 is 0 Å². The molecule has 0 spiro atoms. The van der Waals surface area contributed by atoms with Crippen molar-refractivity contribution in [3.05, 3.63) is 6.92 Å². The molecular formula is C7H12NO2Y-. The molecule has 11 heavy (non-hydrogen) atoms. The molecule has 3 nitrogen and oxygen atoms in total. The third-order valence-electron chi connectivity index (χ3n) is 1.11. The van der Waals surface area contributed by atoms with Crippen molar-refractivity contribution in [3.63, 3.8) is 0 Å². The number of Topliss-reactive ketones (excluding diaryl/α,β-unsaturated/α-hetero) is 1. The van der Waals surface area contributed by atoms with Gasteiger partial charge in [-0.25, -0.2) is 0 Å². The Bertz CT molecular complexity index is 147. The Kier molecular flexibility index (Phi) is 8.69. The Balaban J connectivity index is 0. The summed E-state index contributed by atoms with van der Waals surface area (Å²) in [4.78, 5) is 21.1. The van der Waals surface area contributed by atoms with Crippen molar-refractivity contribution in [2.75, 3.05) is 0 Å². The number of amides is 1. The summed E-state index contributed by atoms with van der Waals surface area (Å²) in [5, 5.41) is 2.39. The molecule has 0 aromatic rings. The summed E-state index contributed by atoms with van der Waals surface area (Å²) < 4.78 is 0. The first-order valence-electron chi connectivity index (χ1n) is 3.20. The van der Waals surface area contributed by atoms with Gasteiger partial charge in [0, 0.05) is 46.1 Å². The molecule has 0 fully saturated rings. The van der Waals surface area contributed by atoms with Crippen molar-refractivity contribution in [3.8, 4) is 0 Å². The van der Waals surface area contributed by atoms with Gasteiger partial charge < -0.3 is 17.0 Å². The monoisotopic (exact) mass is 231 g/mol. The van der Waals surface area contributed by atoms with E-state index >= 15 is 0 Å². The fraction of sp³-hybridized carbons (Fsp3) is 0.571. The van der Waals surface area contributed by atoms with Gasteiger partial charge in [-0.05, 0) is 6.04 Å². The molecule has 0 aliphatic heterocycles. The Labute approximate surface area is 92.2 Å². The van der Waals surface area contributed by atoms with E-state index in [9.17, 15) is 9.59 Å². The molecule has 0 saturated carbocycles. The summed E-state index contributed by atoms with van der Waals surface area (Å²) in [6, 6.07) is -0.581. The number of hydrogen-bond donors (Lipinski definition) is 1. The maximum absolute atomic E-state index is 10.8. The second-order valence-corrected chi connectivity index (χ2v) is 2.07. The largest absolute Gasteiger partial charge is 0.376 e. The predicted molar refractivity (Wildman–Crippen MR) is 38.3 cm³/mol. The fourth-order valence-corrected chi connectivity index (χ4v) is 0.572. The maximum atomic E-state index is 10.8. The number of nitrogens with one attached hydrogen (secondary N) is 1. The SMILES string of the molecule is [CH2-]C(NC(C)=O)C(=O)CC.[Y]. The van der Waals surface area contributed by atoms with Gasteiger partial charge in [-0.2, -0.15) is 0 Å². The molecule has 1 atom stereocenters. The standard InChI is InChI=1S/C7H12NO2.Y/c1-4-7(10)5(2)8-6(3)9;/h5H,2,4H2,1,3H3,(H,8,9);/q-1;. The summed E-state index contributed by atoms with van der Waals surface area (Å²) in [5.41, 5.74) is 0. The zero-order valence-electron chi connectivity index (χ0n) is 6.89. The molecule has 61 valence electrons. The van der Waals surface area contributed by atoms with Crippen LogP contribution in [0.4, 0.5) is 0 Å². The van der Waals surface area contributed by atoms with Gasteiger partial charge in [0.05, 0.1) is 0 Å². The van der Waals surface area contributed by atoms with E-state index in [0.717, 1.165) is 0 Å². The van der Waals surface area contributed by atoms with E-state index in [-0.39, 0.29) is 44.4 Å². The number of rotatable bonds is 3. The molecule has 1 N–H and O–H groups in total. The molecule has 0 heterocycles. The predicted octanol–water partition coefficient (Wildman–Crippen LogP) is 0.302. The van der Waals surface area contributed by atoms with Crippen LogP contribution in [0.2, 0.25) is 0 Å². The minimum Gasteiger partial charge on any atom is -0.376 e. The molecular weight excluding hydrogens is 219 g/mol. The van der Waals surface area contributed by atoms with E-state index in [2.05, 4.69) is 12.2 Å². The van der Waals surface area contributed by atoms with E-state index in [1.54, 1.807) is 6.92 Å². The van der Waals surface area contributed by atoms with E-state index in [1.807, 2.05) is 0 Å². The van der Waals surface area contributed by atoms with E-state index in [4.69, 9.17) is 0 Å². The van der Waals surface area contributed by atoms with E-state index in [1.165, 1.54) is 6.92 Å². The van der Waals surface area contributed by atoms with Crippen molar-refractivity contribution in [1.82, 2.24) is 5.32 Å². The second kappa shape index (κ2) is 6.92. The first kappa shape index (κ1) is 13.8. The van der Waals surface area contributed by atoms with Gasteiger partial charge in [0.15, 0.2) is 0 Å². The van der Waals surface area contributed by atoms with Crippen molar-refractivity contribution in [1.29, 1.82) is 0 Å². The minimum atomic E-state index is -0.581. The van der Waals surface area contributed by atoms with Gasteiger partial charge in [-0.1, -0.05) is 6.92 Å². The van der Waals surface area contributed by atoms with Gasteiger partial charge in [0.1, 0.15) is 5.78 Å². The van der Waals surface area contributed by atoms with Crippen molar-refractivity contribution >= 4 is 11.7 Å². The van der Waals surface area contributed by atoms with E-state index in [0.29, 0.717) is 6.42 Å². The molecule has 0 bridgehead atoms. The molecule has 1 unspecified atom stereocenters. The van der Waals surface area contributed by atoms with Crippen LogP contribution in [-0.4, -0.2) is 17.7 Å². The molecule has 0 aliphatic rings. The summed E-state index contributed by atoms with van der Waals surface area (Å²) in [7, 11) is 0. The average Bonchev–Trinajstić information content (AvgIpc) is 1.85. The average molecular weight is 231 g/mol. The minimum absolute atomic E-state index is 0. The molecule has 0 rings (SSSR count). The van der Waals surface area contributed by atoms with Gasteiger partial charge in [0.2, 0.25) is 5.91 Å². The molecule has 0 aromatic heterocycles. The maximum Gasteiger partial charge on any atom is 0.215 e. The van der Waals surface area contributed by atoms with Crippen molar-refractivity contribution < 1.29 is 42.3 Å². The smallest absolute Gasteiger partial charge is 0.215 e. The van der Waals surface area contributed by atoms with Crippen LogP contribution in [0.1, 0.15) is 20.3 Å². The topological polar surface area (TPSA) is 46.2 Å². The molecule has 0 saturated heterocycles. The van der Waals surface area contributed by atoms with Crippen LogP contribution < -0.4 is 5.32 Å². The zero-order valence-corrected chi connectivity index (χ0v) is 9.72. The number of ketones is 1. The van der Waals surface area contributed by atoms with Crippen LogP contribution in [0, 0.1) is 6.92 Å². The molecule has 4 heteroatoms. The van der Waals surface area contributed by atoms with Gasteiger partial charge in [-0.3, -0.25) is 4.79 Å². The molecule has 0 aliphatic carbocycles. The van der Waals surface area contributed by atoms with Crippen LogP contribution in [0.3, 0.4) is 0 Å². The summed E-state index contributed by atoms with van der Waals surface area (Å²) in [6.07, 6.45) is 0.411. The van der Waals surface area contributed by atoms with Gasteiger partial charge in [-0.15, -0.1) is 0 Å². The van der Waals surface area contributed by atoms with Crippen molar-refractivity contribution in [2.45, 2.75) is 26.3 Å². The van der Waals surface area contributed by atoms with Gasteiger partial charge in [0.25, 0.3) is 0 Å². The van der Waals surface area contributed by atoms with Gasteiger partial charge >= 0.3 is 0 Å². The number of hydrogen-bond acceptors (Lipinski definition) is 2. The first-order chi connectivity index (χ1) is 4.57. The summed E-state index contributed by atoms with van der Waals surface area (Å²) in [5.74, 6) is -0.267. The molecule has 1 amide bonds. The molecule has 1 radical (unpaired) electrons. The normalized spacial score (nSPS) is 11.2. The zero-order chi connectivity index (χ0) is 8.15. The fourth-order valence-electron chi connectivity index (χ4n) is 0.572. The Hall–Kier alpha value is 0.244. The van der Waals surface area contributed by atoms with Crippen molar-refractivity contribution in [2.24, 2.45) is 0 Å². The number of carbonyl (C=O) groups excluding carboxylic acids is 2. The third-order valence-corrected chi connectivity index (χ3v) is 1.11. The molecule has 0 aromatic carbocycles. The number of carbonyl (C=O) groups is 2. The Morgan fingerprint density at radius 2 is 2.00 bits per heavy atom. The van der Waals surface area contributed by atoms with Crippen LogP contribution in [0.5, 0.6) is 0 Å².